The van der Waals surface area contributed by atoms with E-state index in [1.54, 1.807) is 0 Å². The van der Waals surface area contributed by atoms with Crippen LogP contribution in [0, 0.1) is 0 Å². The third kappa shape index (κ3) is 4.00. The van der Waals surface area contributed by atoms with Gasteiger partial charge in [-0.15, -0.1) is 0 Å². The Kier molecular flexibility index (Phi) is 6.16. The molecule has 0 atom stereocenters. The van der Waals surface area contributed by atoms with E-state index in [0.29, 0.717) is 0 Å². The number of methoxy groups -OCH3 is 1. The third-order valence-corrected chi connectivity index (χ3v) is 7.50. The molecule has 0 N–H and O–H groups in total. The zero-order valence-corrected chi connectivity index (χ0v) is 21.3. The quantitative estimate of drug-likeness (QED) is 0.443. The predicted molar refractivity (Wildman–Crippen MR) is 144 cm³/mol. The van der Waals surface area contributed by atoms with Gasteiger partial charge in [0.25, 0.3) is 0 Å². The van der Waals surface area contributed by atoms with Crippen molar-refractivity contribution in [3.63, 3.8) is 0 Å². The van der Waals surface area contributed by atoms with Crippen molar-refractivity contribution in [3.05, 3.63) is 82.4 Å². The van der Waals surface area contributed by atoms with Crippen LogP contribution in [-0.4, -0.2) is 48.4 Å². The van der Waals surface area contributed by atoms with Crippen molar-refractivity contribution in [2.45, 2.75) is 31.6 Å². The number of aryl methyl sites for hydroxylation is 1. The van der Waals surface area contributed by atoms with Crippen LogP contribution in [0.15, 0.2) is 54.6 Å². The van der Waals surface area contributed by atoms with Crippen molar-refractivity contribution in [3.8, 4) is 5.75 Å². The summed E-state index contributed by atoms with van der Waals surface area (Å²) in [5, 5.41) is 0. The highest BCUT2D eigenvalue weighted by atomic mass is 16.5. The highest BCUT2D eigenvalue weighted by Crippen LogP contribution is 2.47. The summed E-state index contributed by atoms with van der Waals surface area (Å²) in [5.41, 5.74) is 10.7. The van der Waals surface area contributed by atoms with Crippen LogP contribution < -0.4 is 19.4 Å². The van der Waals surface area contributed by atoms with Gasteiger partial charge in [0.1, 0.15) is 5.75 Å². The Bertz CT molecular complexity index is 1100. The Balaban J connectivity index is 1.70. The lowest BCUT2D eigenvalue weighted by Gasteiger charge is -2.39. The fourth-order valence-electron chi connectivity index (χ4n) is 5.79. The van der Waals surface area contributed by atoms with Crippen LogP contribution in [0.3, 0.4) is 0 Å². The highest BCUT2D eigenvalue weighted by Gasteiger charge is 2.31. The minimum absolute atomic E-state index is 0.126. The minimum Gasteiger partial charge on any atom is -0.496 e. The average molecular weight is 456 g/mol. The first kappa shape index (κ1) is 22.6. The molecule has 5 rings (SSSR count). The largest absolute Gasteiger partial charge is 0.496 e. The average Bonchev–Trinajstić information content (AvgIpc) is 2.85. The number of anilines is 3. The van der Waals surface area contributed by atoms with Gasteiger partial charge in [0.05, 0.1) is 7.11 Å². The molecular weight excluding hydrogens is 418 g/mol. The van der Waals surface area contributed by atoms with Crippen LogP contribution >= 0.6 is 0 Å². The maximum atomic E-state index is 6.22. The first-order valence-corrected chi connectivity index (χ1v) is 12.5. The summed E-state index contributed by atoms with van der Waals surface area (Å²) in [6.07, 6.45) is 4.69. The summed E-state index contributed by atoms with van der Waals surface area (Å²) in [6.45, 7) is 2.34. The van der Waals surface area contributed by atoms with Gasteiger partial charge in [-0.1, -0.05) is 24.3 Å². The molecule has 0 aliphatic carbocycles. The number of rotatable bonds is 6. The van der Waals surface area contributed by atoms with E-state index < -0.39 is 0 Å². The summed E-state index contributed by atoms with van der Waals surface area (Å²) in [7, 11) is 10.2. The molecule has 178 valence electrons. The molecule has 0 amide bonds. The molecule has 34 heavy (non-hydrogen) atoms. The molecule has 2 heterocycles. The molecule has 0 radical (unpaired) electrons. The maximum absolute atomic E-state index is 6.22. The maximum Gasteiger partial charge on any atom is 0.128 e. The summed E-state index contributed by atoms with van der Waals surface area (Å²) < 4.78 is 6.22. The molecule has 0 aromatic heterocycles. The summed E-state index contributed by atoms with van der Waals surface area (Å²) >= 11 is 0. The molecule has 0 spiro atoms. The molecule has 2 aliphatic heterocycles. The molecule has 0 bridgehead atoms. The normalized spacial score (nSPS) is 14.7. The molecule has 4 nitrogen and oxygen atoms in total. The number of hydrogen-bond donors (Lipinski definition) is 0. The Morgan fingerprint density at radius 2 is 1.29 bits per heavy atom. The van der Waals surface area contributed by atoms with Crippen molar-refractivity contribution >= 4 is 17.1 Å². The van der Waals surface area contributed by atoms with E-state index in [-0.39, 0.29) is 5.92 Å². The first-order chi connectivity index (χ1) is 16.5. The van der Waals surface area contributed by atoms with Crippen molar-refractivity contribution in [2.75, 3.05) is 63.1 Å². The van der Waals surface area contributed by atoms with Gasteiger partial charge in [0.2, 0.25) is 0 Å². The zero-order chi connectivity index (χ0) is 23.8. The van der Waals surface area contributed by atoms with E-state index in [4.69, 9.17) is 4.74 Å². The van der Waals surface area contributed by atoms with Gasteiger partial charge >= 0.3 is 0 Å². The van der Waals surface area contributed by atoms with Gasteiger partial charge in [0.15, 0.2) is 0 Å². The lowest BCUT2D eigenvalue weighted by atomic mass is 9.80. The second-order valence-corrected chi connectivity index (χ2v) is 10.1. The van der Waals surface area contributed by atoms with Gasteiger partial charge in [-0.05, 0) is 72.7 Å². The van der Waals surface area contributed by atoms with Crippen molar-refractivity contribution in [1.29, 1.82) is 0 Å². The number of nitrogens with zero attached hydrogens (tertiary/aromatic N) is 3. The number of hydrogen-bond acceptors (Lipinski definition) is 4. The van der Waals surface area contributed by atoms with Crippen LogP contribution in [0.2, 0.25) is 0 Å². The lowest BCUT2D eigenvalue weighted by molar-refractivity contribution is 0.401. The molecule has 0 saturated carbocycles. The second-order valence-electron chi connectivity index (χ2n) is 10.1. The molecule has 4 heteroatoms. The SMILES string of the molecule is COc1c(C(c2ccc(N(C)C)cc2)c2ccc(N(C)C)cc2)cc2c3c1CCCN3CCC2. The fourth-order valence-corrected chi connectivity index (χ4v) is 5.79. The van der Waals surface area contributed by atoms with Crippen LogP contribution in [0.5, 0.6) is 5.75 Å². The van der Waals surface area contributed by atoms with Crippen LogP contribution in [0.25, 0.3) is 0 Å². The van der Waals surface area contributed by atoms with Crippen LogP contribution in [-0.2, 0) is 12.8 Å². The van der Waals surface area contributed by atoms with Crippen molar-refractivity contribution in [1.82, 2.24) is 0 Å². The van der Waals surface area contributed by atoms with E-state index >= 15 is 0 Å². The van der Waals surface area contributed by atoms with Gasteiger partial charge in [-0.25, -0.2) is 0 Å². The van der Waals surface area contributed by atoms with E-state index in [1.807, 2.05) is 7.11 Å². The molecule has 0 fully saturated rings. The summed E-state index contributed by atoms with van der Waals surface area (Å²) in [6, 6.07) is 20.5. The molecule has 0 unspecified atom stereocenters. The Labute approximate surface area is 204 Å². The zero-order valence-electron chi connectivity index (χ0n) is 21.3. The van der Waals surface area contributed by atoms with Crippen molar-refractivity contribution < 1.29 is 4.74 Å². The van der Waals surface area contributed by atoms with Crippen molar-refractivity contribution in [2.24, 2.45) is 0 Å². The monoisotopic (exact) mass is 455 g/mol. The fraction of sp³-hybridized carbons (Fsp3) is 0.400. The van der Waals surface area contributed by atoms with Gasteiger partial charge in [-0.2, -0.15) is 0 Å². The number of benzene rings is 3. The molecule has 3 aromatic rings. The number of ether oxygens (including phenoxy) is 1. The van der Waals surface area contributed by atoms with Gasteiger partial charge < -0.3 is 19.4 Å². The second kappa shape index (κ2) is 9.25. The van der Waals surface area contributed by atoms with E-state index in [0.717, 1.165) is 18.6 Å². The van der Waals surface area contributed by atoms with E-state index in [2.05, 4.69) is 97.5 Å². The molecular formula is C30H37N3O. The highest BCUT2D eigenvalue weighted by molar-refractivity contribution is 5.71. The van der Waals surface area contributed by atoms with Gasteiger partial charge in [-0.3, -0.25) is 0 Å². The standard InChI is InChI=1S/C30H37N3O/c1-31(2)24-14-10-21(11-15-24)28(22-12-16-25(17-13-22)32(3)4)27-20-23-8-6-18-33-19-7-9-26(29(23)33)30(27)34-5/h10-17,20,28H,6-9,18-19H2,1-5H3. The van der Waals surface area contributed by atoms with Gasteiger partial charge in [0, 0.05) is 75.4 Å². The predicted octanol–water partition coefficient (Wildman–Crippen LogP) is 5.71. The van der Waals surface area contributed by atoms with E-state index in [9.17, 15) is 0 Å². The summed E-state index contributed by atoms with van der Waals surface area (Å²) in [4.78, 5) is 6.91. The third-order valence-electron chi connectivity index (χ3n) is 7.50. The lowest BCUT2D eigenvalue weighted by Crippen LogP contribution is -2.35. The Morgan fingerprint density at radius 3 is 1.79 bits per heavy atom. The molecule has 3 aromatic carbocycles. The minimum atomic E-state index is 0.126. The molecule has 2 aliphatic rings. The Hall–Kier alpha value is -3.14. The first-order valence-electron chi connectivity index (χ1n) is 12.5. The van der Waals surface area contributed by atoms with E-state index in [1.165, 1.54) is 70.8 Å². The molecule has 0 saturated heterocycles. The van der Waals surface area contributed by atoms with Crippen LogP contribution in [0.4, 0.5) is 17.1 Å². The topological polar surface area (TPSA) is 19.0 Å². The summed E-state index contributed by atoms with van der Waals surface area (Å²) in [5.74, 6) is 1.21. The Morgan fingerprint density at radius 1 is 0.765 bits per heavy atom. The van der Waals surface area contributed by atoms with Crippen LogP contribution in [0.1, 0.15) is 46.6 Å². The smallest absolute Gasteiger partial charge is 0.128 e.